The van der Waals surface area contributed by atoms with Gasteiger partial charge in [0.1, 0.15) is 4.75 Å². The first-order valence-corrected chi connectivity index (χ1v) is 11.7. The van der Waals surface area contributed by atoms with Gasteiger partial charge in [0.2, 0.25) is 0 Å². The van der Waals surface area contributed by atoms with Gasteiger partial charge in [-0.05, 0) is 69.1 Å². The van der Waals surface area contributed by atoms with Crippen LogP contribution in [0.15, 0.2) is 18.2 Å². The Morgan fingerprint density at radius 2 is 1.68 bits per heavy atom. The third-order valence-corrected chi connectivity index (χ3v) is 7.47. The van der Waals surface area contributed by atoms with Crippen LogP contribution in [0.25, 0.3) is 0 Å². The zero-order chi connectivity index (χ0) is 21.9. The Kier molecular flexibility index (Phi) is 8.93. The molecule has 0 aliphatic heterocycles. The lowest BCUT2D eigenvalue weighted by molar-refractivity contribution is 0.110. The van der Waals surface area contributed by atoms with E-state index in [4.69, 9.17) is 11.6 Å². The molecule has 0 spiro atoms. The SMILES string of the molecule is CC(C)[C@H](CO)[C@@](C)(N[S+]([O-])C(C)(C)C)c1ccc(CCC(C)(C)C)c(Cl)c1. The van der Waals surface area contributed by atoms with E-state index in [-0.39, 0.29) is 23.9 Å². The van der Waals surface area contributed by atoms with Crippen LogP contribution in [0.3, 0.4) is 0 Å². The largest absolute Gasteiger partial charge is 0.598 e. The number of aliphatic hydroxyl groups excluding tert-OH is 1. The van der Waals surface area contributed by atoms with E-state index in [1.807, 2.05) is 33.8 Å². The van der Waals surface area contributed by atoms with Gasteiger partial charge in [0, 0.05) is 28.9 Å². The molecule has 3 nitrogen and oxygen atoms in total. The molecule has 0 saturated carbocycles. The lowest BCUT2D eigenvalue weighted by atomic mass is 9.74. The van der Waals surface area contributed by atoms with Crippen LogP contribution in [0.4, 0.5) is 0 Å². The zero-order valence-corrected chi connectivity index (χ0v) is 20.7. The number of hydrogen-bond donors (Lipinski definition) is 2. The molecule has 1 rings (SSSR count). The number of aryl methyl sites for hydroxylation is 1. The molecule has 0 radical (unpaired) electrons. The Morgan fingerprint density at radius 1 is 1.11 bits per heavy atom. The van der Waals surface area contributed by atoms with Crippen molar-refractivity contribution in [3.05, 3.63) is 34.3 Å². The molecule has 3 atom stereocenters. The maximum absolute atomic E-state index is 12.9. The smallest absolute Gasteiger partial charge is 0.136 e. The van der Waals surface area contributed by atoms with E-state index in [0.717, 1.165) is 29.0 Å². The fourth-order valence-electron chi connectivity index (χ4n) is 3.34. The monoisotopic (exact) mass is 429 g/mol. The minimum Gasteiger partial charge on any atom is -0.598 e. The highest BCUT2D eigenvalue weighted by molar-refractivity contribution is 7.90. The predicted octanol–water partition coefficient (Wildman–Crippen LogP) is 5.85. The number of nitrogens with one attached hydrogen (secondary N) is 1. The molecule has 5 heteroatoms. The summed E-state index contributed by atoms with van der Waals surface area (Å²) in [5.41, 5.74) is 1.68. The molecule has 1 aromatic rings. The number of halogens is 1. The molecule has 0 aliphatic rings. The van der Waals surface area contributed by atoms with Crippen LogP contribution in [-0.2, 0) is 23.3 Å². The molecular formula is C23H40ClNO2S. The van der Waals surface area contributed by atoms with Gasteiger partial charge in [-0.1, -0.05) is 58.4 Å². The molecular weight excluding hydrogens is 390 g/mol. The first kappa shape index (κ1) is 25.8. The molecule has 28 heavy (non-hydrogen) atoms. The third kappa shape index (κ3) is 6.91. The molecule has 0 heterocycles. The summed E-state index contributed by atoms with van der Waals surface area (Å²) in [6.45, 7) is 18.7. The van der Waals surface area contributed by atoms with Crippen LogP contribution in [0, 0.1) is 17.3 Å². The van der Waals surface area contributed by atoms with Crippen LogP contribution < -0.4 is 4.72 Å². The zero-order valence-electron chi connectivity index (χ0n) is 19.1. The van der Waals surface area contributed by atoms with Crippen molar-refractivity contribution in [2.24, 2.45) is 17.3 Å². The minimum absolute atomic E-state index is 0.00586. The Balaban J connectivity index is 3.32. The van der Waals surface area contributed by atoms with Crippen LogP contribution in [0.2, 0.25) is 5.02 Å². The fourth-order valence-corrected chi connectivity index (χ4v) is 4.57. The minimum atomic E-state index is -1.28. The van der Waals surface area contributed by atoms with Gasteiger partial charge in [-0.15, -0.1) is 4.72 Å². The van der Waals surface area contributed by atoms with Crippen molar-refractivity contribution < 1.29 is 9.66 Å². The van der Waals surface area contributed by atoms with Gasteiger partial charge >= 0.3 is 0 Å². The van der Waals surface area contributed by atoms with Crippen LogP contribution >= 0.6 is 11.6 Å². The van der Waals surface area contributed by atoms with E-state index >= 15 is 0 Å². The summed E-state index contributed by atoms with van der Waals surface area (Å²) in [7, 11) is 0. The first-order valence-electron chi connectivity index (χ1n) is 10.2. The number of benzene rings is 1. The van der Waals surface area contributed by atoms with Crippen molar-refractivity contribution >= 4 is 23.0 Å². The molecule has 1 aromatic carbocycles. The summed E-state index contributed by atoms with van der Waals surface area (Å²) in [5.74, 6) is 0.106. The molecule has 1 unspecified atom stereocenters. The second-order valence-corrected chi connectivity index (χ2v) is 13.0. The predicted molar refractivity (Wildman–Crippen MR) is 123 cm³/mol. The van der Waals surface area contributed by atoms with Crippen LogP contribution in [0.5, 0.6) is 0 Å². The topological polar surface area (TPSA) is 55.3 Å². The van der Waals surface area contributed by atoms with Crippen LogP contribution in [0.1, 0.15) is 79.9 Å². The van der Waals surface area contributed by atoms with Crippen molar-refractivity contribution in [1.29, 1.82) is 0 Å². The van der Waals surface area contributed by atoms with Crippen molar-refractivity contribution in [2.75, 3.05) is 6.61 Å². The van der Waals surface area contributed by atoms with E-state index in [1.165, 1.54) is 0 Å². The quantitative estimate of drug-likeness (QED) is 0.509. The molecule has 0 aromatic heterocycles. The second kappa shape index (κ2) is 9.70. The molecule has 162 valence electrons. The van der Waals surface area contributed by atoms with Crippen molar-refractivity contribution in [3.8, 4) is 0 Å². The van der Waals surface area contributed by atoms with E-state index < -0.39 is 21.6 Å². The standard InChI is InChI=1S/C23H40ClNO2S/c1-16(2)19(15-26)23(9,25-28(27)22(6,7)8)18-11-10-17(20(24)14-18)12-13-21(3,4)5/h10-11,14,16,19,25-26H,12-13,15H2,1-9H3/t19-,23-,28?/m0/s1. The summed E-state index contributed by atoms with van der Waals surface area (Å²) < 4.78 is 15.9. The summed E-state index contributed by atoms with van der Waals surface area (Å²) in [5, 5.41) is 10.9. The molecule has 0 bridgehead atoms. The molecule has 0 amide bonds. The number of hydrogen-bond acceptors (Lipinski definition) is 3. The Bertz CT molecular complexity index is 636. The van der Waals surface area contributed by atoms with Gasteiger partial charge in [0.15, 0.2) is 0 Å². The molecule has 0 aliphatic carbocycles. The molecule has 0 saturated heterocycles. The average Bonchev–Trinajstić information content (AvgIpc) is 2.51. The van der Waals surface area contributed by atoms with Crippen molar-refractivity contribution in [1.82, 2.24) is 4.72 Å². The van der Waals surface area contributed by atoms with Gasteiger partial charge in [-0.25, -0.2) is 0 Å². The summed E-state index contributed by atoms with van der Waals surface area (Å²) in [6, 6.07) is 6.14. The van der Waals surface area contributed by atoms with Crippen molar-refractivity contribution in [3.63, 3.8) is 0 Å². The van der Waals surface area contributed by atoms with E-state index in [9.17, 15) is 9.66 Å². The fraction of sp³-hybridized carbons (Fsp3) is 0.739. The first-order chi connectivity index (χ1) is 12.6. The van der Waals surface area contributed by atoms with Gasteiger partial charge < -0.3 is 9.66 Å². The Hall–Kier alpha value is -0.260. The summed E-state index contributed by atoms with van der Waals surface area (Å²) >= 11 is 5.37. The Morgan fingerprint density at radius 3 is 2.07 bits per heavy atom. The highest BCUT2D eigenvalue weighted by Gasteiger charge is 2.44. The second-order valence-electron chi connectivity index (χ2n) is 10.6. The number of aliphatic hydroxyl groups is 1. The highest BCUT2D eigenvalue weighted by atomic mass is 35.5. The van der Waals surface area contributed by atoms with Gasteiger partial charge in [-0.3, -0.25) is 0 Å². The van der Waals surface area contributed by atoms with Crippen molar-refractivity contribution in [2.45, 2.75) is 85.4 Å². The average molecular weight is 430 g/mol. The lowest BCUT2D eigenvalue weighted by Crippen LogP contribution is -2.55. The summed E-state index contributed by atoms with van der Waals surface area (Å²) in [6.07, 6.45) is 1.98. The maximum atomic E-state index is 12.9. The maximum Gasteiger partial charge on any atom is 0.136 e. The van der Waals surface area contributed by atoms with Crippen LogP contribution in [-0.4, -0.2) is 21.0 Å². The van der Waals surface area contributed by atoms with Gasteiger partial charge in [-0.2, -0.15) is 0 Å². The van der Waals surface area contributed by atoms with E-state index in [2.05, 4.69) is 51.5 Å². The van der Waals surface area contributed by atoms with Gasteiger partial charge in [0.05, 0.1) is 5.54 Å². The molecule has 0 fully saturated rings. The highest BCUT2D eigenvalue weighted by Crippen LogP contribution is 2.38. The summed E-state index contributed by atoms with van der Waals surface area (Å²) in [4.78, 5) is 0. The number of rotatable bonds is 8. The third-order valence-electron chi connectivity index (χ3n) is 5.40. The van der Waals surface area contributed by atoms with E-state index in [1.54, 1.807) is 0 Å². The van der Waals surface area contributed by atoms with E-state index in [0.29, 0.717) is 0 Å². The Labute approximate surface area is 181 Å². The molecule has 2 N–H and O–H groups in total. The van der Waals surface area contributed by atoms with Gasteiger partial charge in [0.25, 0.3) is 0 Å². The lowest BCUT2D eigenvalue weighted by Gasteiger charge is -2.42. The normalized spacial score (nSPS) is 17.5.